The number of ether oxygens (including phenoxy) is 1. The fourth-order valence-electron chi connectivity index (χ4n) is 4.30. The lowest BCUT2D eigenvalue weighted by atomic mass is 10.1. The number of amides is 2. The monoisotopic (exact) mass is 489 g/mol. The lowest BCUT2D eigenvalue weighted by Crippen LogP contribution is -2.48. The maximum absolute atomic E-state index is 13.3. The molecule has 176 valence electrons. The molecule has 0 spiro atoms. The summed E-state index contributed by atoms with van der Waals surface area (Å²) in [5, 5.41) is 2.98. The van der Waals surface area contributed by atoms with Crippen molar-refractivity contribution in [3.63, 3.8) is 0 Å². The van der Waals surface area contributed by atoms with Crippen molar-refractivity contribution in [3.8, 4) is 17.1 Å². The number of alkyl halides is 3. The van der Waals surface area contributed by atoms with Gasteiger partial charge in [0.25, 0.3) is 0 Å². The highest BCUT2D eigenvalue weighted by atomic mass is 35.5. The molecule has 2 aliphatic heterocycles. The third kappa shape index (κ3) is 3.98. The molecule has 5 rings (SSSR count). The van der Waals surface area contributed by atoms with E-state index in [1.807, 2.05) is 0 Å². The van der Waals surface area contributed by atoms with Crippen LogP contribution in [0.2, 0.25) is 5.02 Å². The summed E-state index contributed by atoms with van der Waals surface area (Å²) in [6.45, 7) is 1.31. The van der Waals surface area contributed by atoms with Crippen LogP contribution in [-0.4, -0.2) is 42.2 Å². The van der Waals surface area contributed by atoms with E-state index in [1.165, 1.54) is 24.1 Å². The Bertz CT molecular complexity index is 1270. The normalized spacial score (nSPS) is 16.9. The van der Waals surface area contributed by atoms with Crippen LogP contribution in [0.25, 0.3) is 11.3 Å². The smallest absolute Gasteiger partial charge is 0.416 e. The second kappa shape index (κ2) is 8.35. The molecule has 0 aliphatic carbocycles. The van der Waals surface area contributed by atoms with Gasteiger partial charge in [0, 0.05) is 24.7 Å². The number of rotatable bonds is 3. The molecular weight excluding hydrogens is 471 g/mol. The molecule has 2 amide bonds. The summed E-state index contributed by atoms with van der Waals surface area (Å²) in [4.78, 5) is 25.8. The molecule has 1 fully saturated rings. The van der Waals surface area contributed by atoms with Crippen LogP contribution in [0.1, 0.15) is 12.0 Å². The molecule has 34 heavy (non-hydrogen) atoms. The van der Waals surface area contributed by atoms with E-state index in [2.05, 4.69) is 20.2 Å². The SMILES string of the molecule is COc1cccc(NC(=O)N2c3nc(-c4cccc(C(F)(F)F)c4)c(Cl)cc3N3CC[C@H]2C3)n1. The zero-order chi connectivity index (χ0) is 24.0. The number of benzene rings is 1. The molecule has 3 aromatic rings. The fraction of sp³-hybridized carbons (Fsp3) is 0.261. The summed E-state index contributed by atoms with van der Waals surface area (Å²) in [6, 6.07) is 10.9. The molecule has 2 aromatic heterocycles. The van der Waals surface area contributed by atoms with E-state index in [1.54, 1.807) is 24.3 Å². The Kier molecular flexibility index (Phi) is 5.47. The van der Waals surface area contributed by atoms with Crippen LogP contribution in [-0.2, 0) is 6.18 Å². The van der Waals surface area contributed by atoms with E-state index < -0.39 is 17.8 Å². The number of methoxy groups -OCH3 is 1. The zero-order valence-electron chi connectivity index (χ0n) is 17.9. The van der Waals surface area contributed by atoms with Gasteiger partial charge in [0.05, 0.1) is 35.1 Å². The highest BCUT2D eigenvalue weighted by molar-refractivity contribution is 6.33. The fourth-order valence-corrected chi connectivity index (χ4v) is 4.55. The second-order valence-corrected chi connectivity index (χ2v) is 8.40. The summed E-state index contributed by atoms with van der Waals surface area (Å²) in [5.74, 6) is 0.991. The van der Waals surface area contributed by atoms with Crippen LogP contribution < -0.4 is 19.9 Å². The summed E-state index contributed by atoms with van der Waals surface area (Å²) in [5.41, 5.74) is 0.239. The number of hydrogen-bond acceptors (Lipinski definition) is 5. The largest absolute Gasteiger partial charge is 0.481 e. The van der Waals surface area contributed by atoms with Crippen molar-refractivity contribution in [2.24, 2.45) is 0 Å². The topological polar surface area (TPSA) is 70.6 Å². The number of aromatic nitrogens is 2. The molecule has 0 radical (unpaired) electrons. The Morgan fingerprint density at radius 1 is 1.18 bits per heavy atom. The average molecular weight is 490 g/mol. The Morgan fingerprint density at radius 2 is 1.97 bits per heavy atom. The lowest BCUT2D eigenvalue weighted by molar-refractivity contribution is -0.137. The van der Waals surface area contributed by atoms with E-state index in [0.717, 1.165) is 12.1 Å². The first-order valence-electron chi connectivity index (χ1n) is 10.5. The van der Waals surface area contributed by atoms with Crippen molar-refractivity contribution in [1.82, 2.24) is 9.97 Å². The highest BCUT2D eigenvalue weighted by Gasteiger charge is 2.41. The van der Waals surface area contributed by atoms with Gasteiger partial charge in [-0.25, -0.2) is 9.78 Å². The highest BCUT2D eigenvalue weighted by Crippen LogP contribution is 2.43. The van der Waals surface area contributed by atoms with Crippen molar-refractivity contribution in [1.29, 1.82) is 0 Å². The zero-order valence-corrected chi connectivity index (χ0v) is 18.7. The van der Waals surface area contributed by atoms with E-state index >= 15 is 0 Å². The van der Waals surface area contributed by atoms with E-state index in [9.17, 15) is 18.0 Å². The number of urea groups is 1. The summed E-state index contributed by atoms with van der Waals surface area (Å²) in [6.07, 6.45) is -3.79. The first-order valence-corrected chi connectivity index (χ1v) is 10.9. The van der Waals surface area contributed by atoms with Gasteiger partial charge in [0.1, 0.15) is 5.82 Å². The molecule has 1 N–H and O–H groups in total. The number of carbonyl (C=O) groups excluding carboxylic acids is 1. The van der Waals surface area contributed by atoms with Gasteiger partial charge in [-0.2, -0.15) is 18.2 Å². The average Bonchev–Trinajstić information content (AvgIpc) is 3.23. The molecule has 1 saturated heterocycles. The number of nitrogens with one attached hydrogen (secondary N) is 1. The Labute approximate surface area is 198 Å². The van der Waals surface area contributed by atoms with Gasteiger partial charge in [0.2, 0.25) is 5.88 Å². The van der Waals surface area contributed by atoms with Crippen LogP contribution in [0.15, 0.2) is 48.5 Å². The van der Waals surface area contributed by atoms with Gasteiger partial charge in [-0.1, -0.05) is 29.8 Å². The molecule has 11 heteroatoms. The van der Waals surface area contributed by atoms with Gasteiger partial charge >= 0.3 is 12.2 Å². The molecule has 0 unspecified atom stereocenters. The summed E-state index contributed by atoms with van der Waals surface area (Å²) in [7, 11) is 1.48. The molecule has 1 atom stereocenters. The minimum atomic E-state index is -4.50. The number of pyridine rings is 2. The van der Waals surface area contributed by atoms with Crippen LogP contribution >= 0.6 is 11.6 Å². The number of hydrogen-bond donors (Lipinski definition) is 1. The minimum Gasteiger partial charge on any atom is -0.481 e. The Morgan fingerprint density at radius 3 is 2.74 bits per heavy atom. The van der Waals surface area contributed by atoms with Gasteiger partial charge in [-0.3, -0.25) is 10.2 Å². The number of carbonyl (C=O) groups is 1. The van der Waals surface area contributed by atoms with Crippen molar-refractivity contribution in [2.45, 2.75) is 18.6 Å². The number of fused-ring (bicyclic) bond motifs is 4. The van der Waals surface area contributed by atoms with Crippen molar-refractivity contribution in [2.75, 3.05) is 35.3 Å². The van der Waals surface area contributed by atoms with Gasteiger partial charge in [-0.15, -0.1) is 0 Å². The number of halogens is 4. The van der Waals surface area contributed by atoms with Crippen LogP contribution in [0.5, 0.6) is 5.88 Å². The Balaban J connectivity index is 1.55. The predicted molar refractivity (Wildman–Crippen MR) is 123 cm³/mol. The predicted octanol–water partition coefficient (Wildman–Crippen LogP) is 5.46. The van der Waals surface area contributed by atoms with Crippen molar-refractivity contribution >= 4 is 35.0 Å². The molecule has 1 aromatic carbocycles. The molecule has 2 aliphatic rings. The van der Waals surface area contributed by atoms with Crippen LogP contribution in [0, 0.1) is 0 Å². The van der Waals surface area contributed by atoms with Crippen LogP contribution in [0.3, 0.4) is 0 Å². The first-order chi connectivity index (χ1) is 16.2. The number of nitrogens with zero attached hydrogens (tertiary/aromatic N) is 4. The number of anilines is 3. The van der Waals surface area contributed by atoms with Gasteiger partial charge < -0.3 is 9.64 Å². The minimum absolute atomic E-state index is 0.152. The van der Waals surface area contributed by atoms with Crippen molar-refractivity contribution < 1.29 is 22.7 Å². The third-order valence-electron chi connectivity index (χ3n) is 5.88. The van der Waals surface area contributed by atoms with E-state index in [0.29, 0.717) is 42.7 Å². The lowest BCUT2D eigenvalue weighted by Gasteiger charge is -2.36. The third-order valence-corrected chi connectivity index (χ3v) is 6.17. The maximum Gasteiger partial charge on any atom is 0.416 e. The summed E-state index contributed by atoms with van der Waals surface area (Å²) < 4.78 is 44.9. The first kappa shape index (κ1) is 22.3. The molecule has 7 nitrogen and oxygen atoms in total. The molecular formula is C23H19ClF3N5O2. The second-order valence-electron chi connectivity index (χ2n) is 7.99. The Hall–Kier alpha value is -3.53. The quantitative estimate of drug-likeness (QED) is 0.529. The molecule has 2 bridgehead atoms. The molecule has 4 heterocycles. The van der Waals surface area contributed by atoms with Gasteiger partial charge in [-0.05, 0) is 30.7 Å². The van der Waals surface area contributed by atoms with E-state index in [4.69, 9.17) is 16.3 Å². The standard InChI is InChI=1S/C23H19ClF3N5O2/c1-34-19-7-3-6-18(28-19)29-22(33)32-15-8-9-31(12-15)17-11-16(24)20(30-21(17)32)13-4-2-5-14(10-13)23(25,26)27/h2-7,10-11,15H,8-9,12H2,1H3,(H,28,29,33)/t15-/m0/s1. The summed E-state index contributed by atoms with van der Waals surface area (Å²) >= 11 is 6.48. The van der Waals surface area contributed by atoms with Crippen molar-refractivity contribution in [3.05, 3.63) is 59.1 Å². The van der Waals surface area contributed by atoms with E-state index in [-0.39, 0.29) is 22.3 Å². The molecule has 0 saturated carbocycles. The van der Waals surface area contributed by atoms with Gasteiger partial charge in [0.15, 0.2) is 5.82 Å². The maximum atomic E-state index is 13.3. The van der Waals surface area contributed by atoms with Crippen LogP contribution in [0.4, 0.5) is 35.3 Å².